The fourth-order valence-electron chi connectivity index (χ4n) is 3.61. The maximum Gasteiger partial charge on any atom is 0.246 e. The summed E-state index contributed by atoms with van der Waals surface area (Å²) in [6, 6.07) is 10.1. The molecule has 1 fully saturated rings. The third-order valence-electron chi connectivity index (χ3n) is 5.68. The van der Waals surface area contributed by atoms with Crippen molar-refractivity contribution in [1.29, 1.82) is 0 Å². The van der Waals surface area contributed by atoms with Gasteiger partial charge in [-0.3, -0.25) is 4.79 Å². The summed E-state index contributed by atoms with van der Waals surface area (Å²) in [6.45, 7) is 10.8. The van der Waals surface area contributed by atoms with Crippen LogP contribution in [-0.2, 0) is 9.53 Å². The van der Waals surface area contributed by atoms with Crippen molar-refractivity contribution in [3.63, 3.8) is 0 Å². The number of nitrogens with two attached hydrogens (primary N) is 1. The first-order valence-electron chi connectivity index (χ1n) is 9.48. The van der Waals surface area contributed by atoms with Gasteiger partial charge >= 0.3 is 0 Å². The van der Waals surface area contributed by atoms with Gasteiger partial charge in [0, 0.05) is 28.9 Å². The number of benzene rings is 1. The number of nitrogens with one attached hydrogen (secondary N) is 1. The van der Waals surface area contributed by atoms with E-state index in [2.05, 4.69) is 19.2 Å². The zero-order valence-electron chi connectivity index (χ0n) is 16.7. The lowest BCUT2D eigenvalue weighted by Gasteiger charge is -2.57. The SMILES string of the molecule is CCOC1CC(N)(C(=O)Nc2nc(-c3ccccc3)c(C(C)C)s2)C1(C)C. The Labute approximate surface area is 165 Å². The van der Waals surface area contributed by atoms with E-state index in [1.165, 1.54) is 11.3 Å². The van der Waals surface area contributed by atoms with Crippen LogP contribution in [0.15, 0.2) is 30.3 Å². The number of rotatable bonds is 6. The number of hydrogen-bond acceptors (Lipinski definition) is 5. The maximum atomic E-state index is 13.0. The molecule has 27 heavy (non-hydrogen) atoms. The van der Waals surface area contributed by atoms with Crippen LogP contribution in [-0.4, -0.2) is 29.1 Å². The van der Waals surface area contributed by atoms with Crippen molar-refractivity contribution in [2.24, 2.45) is 11.1 Å². The summed E-state index contributed by atoms with van der Waals surface area (Å²) in [4.78, 5) is 18.9. The van der Waals surface area contributed by atoms with Crippen molar-refractivity contribution in [1.82, 2.24) is 4.98 Å². The van der Waals surface area contributed by atoms with E-state index in [1.54, 1.807) is 0 Å². The first kappa shape index (κ1) is 20.0. The minimum atomic E-state index is -0.955. The van der Waals surface area contributed by atoms with E-state index in [4.69, 9.17) is 15.5 Å². The molecule has 5 nitrogen and oxygen atoms in total. The van der Waals surface area contributed by atoms with Crippen LogP contribution in [0.25, 0.3) is 11.3 Å². The highest BCUT2D eigenvalue weighted by Crippen LogP contribution is 2.50. The minimum absolute atomic E-state index is 0.000602. The van der Waals surface area contributed by atoms with Gasteiger partial charge in [0.05, 0.1) is 11.8 Å². The first-order chi connectivity index (χ1) is 12.7. The molecule has 0 saturated heterocycles. The predicted molar refractivity (Wildman–Crippen MR) is 111 cm³/mol. The topological polar surface area (TPSA) is 77.2 Å². The molecule has 6 heteroatoms. The molecule has 146 valence electrons. The normalized spacial score (nSPS) is 23.9. The zero-order chi connectivity index (χ0) is 19.8. The van der Waals surface area contributed by atoms with Gasteiger partial charge in [-0.15, -0.1) is 11.3 Å². The fraction of sp³-hybridized carbons (Fsp3) is 0.524. The van der Waals surface area contributed by atoms with Crippen LogP contribution >= 0.6 is 11.3 Å². The van der Waals surface area contributed by atoms with E-state index in [-0.39, 0.29) is 12.0 Å². The predicted octanol–water partition coefficient (Wildman–Crippen LogP) is 4.40. The molecule has 0 radical (unpaired) electrons. The van der Waals surface area contributed by atoms with Crippen molar-refractivity contribution >= 4 is 22.4 Å². The molecule has 3 rings (SSSR count). The molecule has 1 aromatic heterocycles. The van der Waals surface area contributed by atoms with Gasteiger partial charge in [-0.1, -0.05) is 58.0 Å². The second-order valence-electron chi connectivity index (χ2n) is 8.05. The van der Waals surface area contributed by atoms with Gasteiger partial charge in [-0.2, -0.15) is 0 Å². The zero-order valence-corrected chi connectivity index (χ0v) is 17.5. The summed E-state index contributed by atoms with van der Waals surface area (Å²) in [7, 11) is 0. The van der Waals surface area contributed by atoms with Gasteiger partial charge in [-0.05, 0) is 12.8 Å². The van der Waals surface area contributed by atoms with E-state index in [1.807, 2.05) is 51.1 Å². The van der Waals surface area contributed by atoms with E-state index < -0.39 is 11.0 Å². The summed E-state index contributed by atoms with van der Waals surface area (Å²) < 4.78 is 5.73. The molecule has 1 aliphatic carbocycles. The van der Waals surface area contributed by atoms with Crippen LogP contribution in [0, 0.1) is 5.41 Å². The Kier molecular flexibility index (Phi) is 5.43. The van der Waals surface area contributed by atoms with Crippen LogP contribution in [0.4, 0.5) is 5.13 Å². The highest BCUT2D eigenvalue weighted by atomic mass is 32.1. The van der Waals surface area contributed by atoms with E-state index >= 15 is 0 Å². The highest BCUT2D eigenvalue weighted by molar-refractivity contribution is 7.16. The van der Waals surface area contributed by atoms with Crippen LogP contribution in [0.3, 0.4) is 0 Å². The van der Waals surface area contributed by atoms with Gasteiger partial charge in [0.2, 0.25) is 5.91 Å². The van der Waals surface area contributed by atoms with Crippen molar-refractivity contribution in [2.45, 2.75) is 58.6 Å². The molecule has 0 spiro atoms. The molecular weight excluding hydrogens is 358 g/mol. The minimum Gasteiger partial charge on any atom is -0.378 e. The molecule has 1 aromatic carbocycles. The monoisotopic (exact) mass is 387 g/mol. The lowest BCUT2D eigenvalue weighted by Crippen LogP contribution is -2.74. The quantitative estimate of drug-likeness (QED) is 0.770. The Balaban J connectivity index is 1.83. The first-order valence-corrected chi connectivity index (χ1v) is 10.3. The number of anilines is 1. The molecule has 2 aromatic rings. The molecule has 0 aliphatic heterocycles. The highest BCUT2D eigenvalue weighted by Gasteiger charge is 2.63. The third kappa shape index (κ3) is 3.42. The second kappa shape index (κ2) is 7.34. The average Bonchev–Trinajstić information content (AvgIpc) is 3.06. The Morgan fingerprint density at radius 2 is 2.04 bits per heavy atom. The third-order valence-corrected chi connectivity index (χ3v) is 6.95. The van der Waals surface area contributed by atoms with Crippen LogP contribution in [0.2, 0.25) is 0 Å². The molecule has 1 saturated carbocycles. The molecular formula is C21H29N3O2S. The van der Waals surface area contributed by atoms with E-state index in [0.29, 0.717) is 24.1 Å². The number of aromatic nitrogens is 1. The van der Waals surface area contributed by atoms with Crippen LogP contribution in [0.5, 0.6) is 0 Å². The van der Waals surface area contributed by atoms with E-state index in [9.17, 15) is 4.79 Å². The number of thiazole rings is 1. The summed E-state index contributed by atoms with van der Waals surface area (Å²) in [5.74, 6) is 0.129. The Bertz CT molecular complexity index is 816. The van der Waals surface area contributed by atoms with Gasteiger partial charge in [0.25, 0.3) is 0 Å². The molecule has 0 bridgehead atoms. The van der Waals surface area contributed by atoms with Gasteiger partial charge < -0.3 is 15.8 Å². The van der Waals surface area contributed by atoms with Gasteiger partial charge in [0.1, 0.15) is 5.54 Å². The summed E-state index contributed by atoms with van der Waals surface area (Å²) in [6.07, 6.45) is 0.522. The van der Waals surface area contributed by atoms with Crippen LogP contribution in [0.1, 0.15) is 51.8 Å². The number of amides is 1. The van der Waals surface area contributed by atoms with Crippen LogP contribution < -0.4 is 11.1 Å². The Hall–Kier alpha value is -1.76. The molecule has 3 N–H and O–H groups in total. The summed E-state index contributed by atoms with van der Waals surface area (Å²) in [5, 5.41) is 3.58. The number of carbonyl (C=O) groups is 1. The Morgan fingerprint density at radius 1 is 1.37 bits per heavy atom. The number of carbonyl (C=O) groups excluding carboxylic acids is 1. The molecule has 1 heterocycles. The largest absolute Gasteiger partial charge is 0.378 e. The lowest BCUT2D eigenvalue weighted by molar-refractivity contribution is -0.166. The van der Waals surface area contributed by atoms with E-state index in [0.717, 1.165) is 16.1 Å². The van der Waals surface area contributed by atoms with Crippen molar-refractivity contribution in [3.05, 3.63) is 35.2 Å². The molecule has 2 unspecified atom stereocenters. The van der Waals surface area contributed by atoms with Crippen molar-refractivity contribution in [3.8, 4) is 11.3 Å². The standard InChI is InChI=1S/C21H29N3O2S/c1-6-26-15-12-21(22,20(15,4)5)18(25)24-19-23-16(17(27-19)13(2)3)14-10-8-7-9-11-14/h7-11,13,15H,6,12,22H2,1-5H3,(H,23,24,25). The number of ether oxygens (including phenoxy) is 1. The second-order valence-corrected chi connectivity index (χ2v) is 9.08. The number of nitrogens with zero attached hydrogens (tertiary/aromatic N) is 1. The lowest BCUT2D eigenvalue weighted by atomic mass is 9.54. The Morgan fingerprint density at radius 3 is 2.59 bits per heavy atom. The molecule has 1 aliphatic rings. The van der Waals surface area contributed by atoms with Crippen molar-refractivity contribution < 1.29 is 9.53 Å². The molecule has 1 amide bonds. The summed E-state index contributed by atoms with van der Waals surface area (Å²) in [5.41, 5.74) is 7.10. The summed E-state index contributed by atoms with van der Waals surface area (Å²) >= 11 is 1.52. The number of hydrogen-bond donors (Lipinski definition) is 2. The van der Waals surface area contributed by atoms with Crippen molar-refractivity contribution in [2.75, 3.05) is 11.9 Å². The van der Waals surface area contributed by atoms with Gasteiger partial charge in [-0.25, -0.2) is 4.98 Å². The molecule has 2 atom stereocenters. The maximum absolute atomic E-state index is 13.0. The fourth-order valence-corrected chi connectivity index (χ4v) is 4.59. The average molecular weight is 388 g/mol. The van der Waals surface area contributed by atoms with Gasteiger partial charge in [0.15, 0.2) is 5.13 Å². The smallest absolute Gasteiger partial charge is 0.246 e.